The molecule has 7 heteroatoms. The van der Waals surface area contributed by atoms with E-state index >= 15 is 0 Å². The highest BCUT2D eigenvalue weighted by Gasteiger charge is 2.49. The fourth-order valence-electron chi connectivity index (χ4n) is 6.83. The molecule has 1 heterocycles. The van der Waals surface area contributed by atoms with E-state index in [0.29, 0.717) is 31.4 Å². The van der Waals surface area contributed by atoms with Gasteiger partial charge in [0, 0.05) is 41.4 Å². The predicted octanol–water partition coefficient (Wildman–Crippen LogP) is 10.7. The fraction of sp³-hybridized carbons (Fsp3) is 0.857. The number of esters is 2. The molecular weight excluding hydrogens is 612 g/mol. The summed E-state index contributed by atoms with van der Waals surface area (Å²) in [5.41, 5.74) is -0.996. The number of ether oxygens (including phenoxy) is 2. The molecule has 0 saturated carbocycles. The molecule has 0 aromatic carbocycles. The number of carbonyl (C=O) groups is 2. The van der Waals surface area contributed by atoms with Crippen molar-refractivity contribution in [1.82, 2.24) is 9.80 Å². The van der Waals surface area contributed by atoms with Crippen LogP contribution in [0, 0.1) is 16.2 Å². The van der Waals surface area contributed by atoms with Crippen LogP contribution < -0.4 is 0 Å². The topological polar surface area (TPSA) is 79.3 Å². The van der Waals surface area contributed by atoms with Gasteiger partial charge in [-0.3, -0.25) is 19.4 Å². The van der Waals surface area contributed by atoms with Crippen LogP contribution in [0.1, 0.15) is 170 Å². The first-order valence-corrected chi connectivity index (χ1v) is 18.8. The summed E-state index contributed by atoms with van der Waals surface area (Å²) >= 11 is 0. The summed E-state index contributed by atoms with van der Waals surface area (Å²) in [4.78, 5) is 33.0. The van der Waals surface area contributed by atoms with Gasteiger partial charge in [-0.05, 0) is 119 Å². The monoisotopic (exact) mass is 693 g/mol. The van der Waals surface area contributed by atoms with Gasteiger partial charge in [-0.25, -0.2) is 0 Å². The second-order valence-electron chi connectivity index (χ2n) is 19.4. The highest BCUT2D eigenvalue weighted by Crippen LogP contribution is 2.41. The van der Waals surface area contributed by atoms with Gasteiger partial charge >= 0.3 is 11.9 Å². The van der Waals surface area contributed by atoms with Crippen molar-refractivity contribution >= 4 is 11.9 Å². The molecule has 288 valence electrons. The highest BCUT2D eigenvalue weighted by molar-refractivity contribution is 6.00. The lowest BCUT2D eigenvalue weighted by molar-refractivity contribution is -0.180. The molecule has 0 radical (unpaired) electrons. The van der Waals surface area contributed by atoms with Crippen LogP contribution in [0.25, 0.3) is 0 Å². The fourth-order valence-corrected chi connectivity index (χ4v) is 6.83. The van der Waals surface area contributed by atoms with Crippen molar-refractivity contribution < 1.29 is 24.2 Å². The first kappa shape index (κ1) is 47.1. The zero-order valence-corrected chi connectivity index (χ0v) is 36.1. The standard InChI is InChI=1S/C40H74N2O5.C2H6/c1-20-36(9,10)41(18)37(11,12)21-22-46-32(44)40(17,33(45)47-29-25-38(13,14)42(19)39(15,16)26-29)24-28(2)23-30(35(6,7)8)31(43)27-34(3,4)5;1-2/h23,29,43H,20-22,24-27H2,1-19H3;1-2H3/b28-23+,31-30-;. The van der Waals surface area contributed by atoms with Crippen molar-refractivity contribution in [2.24, 2.45) is 16.2 Å². The number of rotatable bonds is 13. The Balaban J connectivity index is 0.0000113. The first-order valence-electron chi connectivity index (χ1n) is 18.8. The maximum absolute atomic E-state index is 14.2. The third-order valence-corrected chi connectivity index (χ3v) is 10.9. The van der Waals surface area contributed by atoms with Crippen LogP contribution in [0.2, 0.25) is 0 Å². The van der Waals surface area contributed by atoms with Gasteiger partial charge in [-0.1, -0.05) is 74.0 Å². The molecule has 0 amide bonds. The van der Waals surface area contributed by atoms with Crippen LogP contribution in [0.4, 0.5) is 0 Å². The summed E-state index contributed by atoms with van der Waals surface area (Å²) in [5.74, 6) is -0.802. The lowest BCUT2D eigenvalue weighted by Crippen LogP contribution is -2.60. The van der Waals surface area contributed by atoms with Crippen LogP contribution in [-0.2, 0) is 19.1 Å². The van der Waals surface area contributed by atoms with E-state index in [4.69, 9.17) is 9.47 Å². The molecule has 1 fully saturated rings. The van der Waals surface area contributed by atoms with Crippen molar-refractivity contribution in [3.8, 4) is 0 Å². The number of allylic oxidation sites excluding steroid dienone is 4. The van der Waals surface area contributed by atoms with E-state index in [1.807, 2.05) is 26.8 Å². The van der Waals surface area contributed by atoms with Crippen molar-refractivity contribution in [3.63, 3.8) is 0 Å². The SMILES string of the molecule is CC.CCC(C)(C)N(C)C(C)(C)CCOC(=O)C(C)(C/C(C)=C/C(=C(/O)CC(C)(C)C)C(C)(C)C)C(=O)OC1CC(C)(C)N(C)C(C)(C)C1. The minimum atomic E-state index is -1.56. The summed E-state index contributed by atoms with van der Waals surface area (Å²) in [6.45, 7) is 39.8. The molecule has 1 N–H and O–H groups in total. The third kappa shape index (κ3) is 13.3. The summed E-state index contributed by atoms with van der Waals surface area (Å²) in [6, 6.07) is 0. The number of aliphatic hydroxyl groups excluding tert-OH is 1. The predicted molar refractivity (Wildman–Crippen MR) is 208 cm³/mol. The molecule has 0 bridgehead atoms. The van der Waals surface area contributed by atoms with Crippen molar-refractivity contribution in [2.45, 2.75) is 198 Å². The van der Waals surface area contributed by atoms with Gasteiger partial charge in [-0.2, -0.15) is 0 Å². The molecule has 1 rings (SSSR count). The lowest BCUT2D eigenvalue weighted by atomic mass is 9.77. The average molecular weight is 693 g/mol. The van der Waals surface area contributed by atoms with Crippen LogP contribution in [0.5, 0.6) is 0 Å². The number of aliphatic hydroxyl groups is 1. The lowest BCUT2D eigenvalue weighted by Gasteiger charge is -2.53. The number of carbonyl (C=O) groups excluding carboxylic acids is 2. The normalized spacial score (nSPS) is 19.8. The maximum atomic E-state index is 14.2. The Kier molecular flexibility index (Phi) is 16.5. The summed E-state index contributed by atoms with van der Waals surface area (Å²) in [6.07, 6.45) is 5.21. The molecule has 1 saturated heterocycles. The molecule has 1 aliphatic heterocycles. The summed E-state index contributed by atoms with van der Waals surface area (Å²) < 4.78 is 12.2. The number of hydrogen-bond acceptors (Lipinski definition) is 7. The maximum Gasteiger partial charge on any atom is 0.323 e. The zero-order valence-electron chi connectivity index (χ0n) is 36.1. The van der Waals surface area contributed by atoms with Gasteiger partial charge in [0.05, 0.1) is 12.4 Å². The Hall–Kier alpha value is -1.86. The van der Waals surface area contributed by atoms with Crippen molar-refractivity contribution in [1.29, 1.82) is 0 Å². The Labute approximate surface area is 303 Å². The van der Waals surface area contributed by atoms with E-state index in [1.54, 1.807) is 6.92 Å². The molecule has 0 aliphatic carbocycles. The van der Waals surface area contributed by atoms with E-state index in [1.165, 1.54) is 0 Å². The number of likely N-dealkylation sites (tertiary alicyclic amines) is 1. The van der Waals surface area contributed by atoms with Gasteiger partial charge in [0.25, 0.3) is 0 Å². The van der Waals surface area contributed by atoms with Gasteiger partial charge in [0.1, 0.15) is 6.10 Å². The van der Waals surface area contributed by atoms with Crippen molar-refractivity contribution in [2.75, 3.05) is 20.7 Å². The zero-order chi connectivity index (χ0) is 39.2. The van der Waals surface area contributed by atoms with Gasteiger partial charge < -0.3 is 14.6 Å². The number of piperidine rings is 1. The molecule has 1 aliphatic rings. The van der Waals surface area contributed by atoms with Crippen LogP contribution >= 0.6 is 0 Å². The van der Waals surface area contributed by atoms with Gasteiger partial charge in [0.15, 0.2) is 5.41 Å². The minimum absolute atomic E-state index is 0.0137. The number of hydrogen-bond donors (Lipinski definition) is 1. The van der Waals surface area contributed by atoms with Crippen molar-refractivity contribution in [3.05, 3.63) is 23.0 Å². The molecule has 0 aromatic rings. The Morgan fingerprint density at radius 3 is 1.73 bits per heavy atom. The van der Waals surface area contributed by atoms with E-state index in [0.717, 1.165) is 17.6 Å². The quantitative estimate of drug-likeness (QED) is 0.0890. The second-order valence-corrected chi connectivity index (χ2v) is 19.4. The largest absolute Gasteiger partial charge is 0.512 e. The molecular formula is C42H80N2O5. The van der Waals surface area contributed by atoms with Gasteiger partial charge in [-0.15, -0.1) is 0 Å². The minimum Gasteiger partial charge on any atom is -0.512 e. The average Bonchev–Trinajstić information content (AvgIpc) is 2.93. The van der Waals surface area contributed by atoms with E-state index in [9.17, 15) is 14.7 Å². The smallest absolute Gasteiger partial charge is 0.323 e. The molecule has 1 unspecified atom stereocenters. The second kappa shape index (κ2) is 17.1. The third-order valence-electron chi connectivity index (χ3n) is 10.9. The molecule has 1 atom stereocenters. The van der Waals surface area contributed by atoms with Crippen LogP contribution in [0.3, 0.4) is 0 Å². The van der Waals surface area contributed by atoms with Crippen LogP contribution in [0.15, 0.2) is 23.0 Å². The number of nitrogens with zero attached hydrogens (tertiary/aromatic N) is 2. The highest BCUT2D eigenvalue weighted by atomic mass is 16.6. The molecule has 0 spiro atoms. The van der Waals surface area contributed by atoms with E-state index < -0.39 is 17.4 Å². The Morgan fingerprint density at radius 2 is 1.33 bits per heavy atom. The van der Waals surface area contributed by atoms with E-state index in [-0.39, 0.29) is 52.1 Å². The van der Waals surface area contributed by atoms with E-state index in [2.05, 4.69) is 128 Å². The summed E-state index contributed by atoms with van der Waals surface area (Å²) in [7, 11) is 4.23. The first-order chi connectivity index (χ1) is 21.8. The molecule has 0 aromatic heterocycles. The summed E-state index contributed by atoms with van der Waals surface area (Å²) in [5, 5.41) is 11.2. The molecule has 49 heavy (non-hydrogen) atoms. The Morgan fingerprint density at radius 1 is 0.857 bits per heavy atom. The van der Waals surface area contributed by atoms with Crippen LogP contribution in [-0.4, -0.2) is 75.8 Å². The van der Waals surface area contributed by atoms with Gasteiger partial charge in [0.2, 0.25) is 0 Å². The Bertz CT molecular complexity index is 1140. The molecule has 7 nitrogen and oxygen atoms in total.